The normalized spacial score (nSPS) is 26.2. The summed E-state index contributed by atoms with van der Waals surface area (Å²) in [6.45, 7) is 5.51. The van der Waals surface area contributed by atoms with Crippen LogP contribution in [0.5, 0.6) is 0 Å². The molecule has 98 valence electrons. The lowest BCUT2D eigenvalue weighted by atomic mass is 10.0. The molecular weight excluding hydrogens is 222 g/mol. The quantitative estimate of drug-likeness (QED) is 0.663. The molecule has 5 nitrogen and oxygen atoms in total. The van der Waals surface area contributed by atoms with E-state index in [-0.39, 0.29) is 18.2 Å². The molecule has 2 rings (SSSR count). The van der Waals surface area contributed by atoms with Gasteiger partial charge in [0.05, 0.1) is 0 Å². The second kappa shape index (κ2) is 5.38. The predicted octanol–water partition coefficient (Wildman–Crippen LogP) is 2.25. The number of ether oxygens (including phenoxy) is 1. The van der Waals surface area contributed by atoms with Crippen molar-refractivity contribution in [3.05, 3.63) is 0 Å². The third-order valence-corrected chi connectivity index (χ3v) is 3.06. The summed E-state index contributed by atoms with van der Waals surface area (Å²) >= 11 is 0. The van der Waals surface area contributed by atoms with E-state index in [0.717, 1.165) is 0 Å². The van der Waals surface area contributed by atoms with Crippen LogP contribution in [0.15, 0.2) is 0 Å². The fourth-order valence-corrected chi connectivity index (χ4v) is 2.53. The van der Waals surface area contributed by atoms with Gasteiger partial charge in [-0.3, -0.25) is 4.79 Å². The molecule has 0 spiro atoms. The smallest absolute Gasteiger partial charge is 0.410 e. The van der Waals surface area contributed by atoms with Crippen molar-refractivity contribution < 1.29 is 19.4 Å². The van der Waals surface area contributed by atoms with E-state index < -0.39 is 0 Å². The predicted molar refractivity (Wildman–Crippen MR) is 62.8 cm³/mol. The molecule has 0 atom stereocenters. The van der Waals surface area contributed by atoms with E-state index in [1.54, 1.807) is 0 Å². The molecule has 0 aliphatic carbocycles. The second-order valence-electron chi connectivity index (χ2n) is 5.46. The number of carbonyl (C=O) groups excluding carboxylic acids is 1. The minimum atomic E-state index is -0.362. The standard InChI is InChI=1S/C11H19NO2.CH2O2/c1-11(2,3)14-10(13)12-8-4-5-9(12)7-6-8;2-1-3/h8-9H,4-7H2,1-3H3;1H,(H,2,3). The maximum absolute atomic E-state index is 11.8. The fraction of sp³-hybridized carbons (Fsp3) is 0.833. The summed E-state index contributed by atoms with van der Waals surface area (Å²) in [6.07, 6.45) is 4.57. The molecule has 1 amide bonds. The number of carboxylic acid groups (broad SMARTS) is 1. The Balaban J connectivity index is 0.000000437. The first-order valence-corrected chi connectivity index (χ1v) is 5.98. The first-order chi connectivity index (χ1) is 7.89. The van der Waals surface area contributed by atoms with Gasteiger partial charge >= 0.3 is 6.09 Å². The zero-order valence-corrected chi connectivity index (χ0v) is 10.7. The summed E-state index contributed by atoms with van der Waals surface area (Å²) in [5, 5.41) is 6.89. The molecule has 2 aliphatic rings. The third-order valence-electron chi connectivity index (χ3n) is 3.06. The molecule has 2 aliphatic heterocycles. The number of fused-ring (bicyclic) bond motifs is 2. The second-order valence-corrected chi connectivity index (χ2v) is 5.46. The Kier molecular flexibility index (Phi) is 4.37. The van der Waals surface area contributed by atoms with Gasteiger partial charge in [-0.2, -0.15) is 0 Å². The molecule has 5 heteroatoms. The Labute approximate surface area is 102 Å². The van der Waals surface area contributed by atoms with Crippen LogP contribution in [0.25, 0.3) is 0 Å². The zero-order valence-electron chi connectivity index (χ0n) is 10.7. The van der Waals surface area contributed by atoms with Gasteiger partial charge in [-0.15, -0.1) is 0 Å². The molecule has 0 aromatic heterocycles. The number of nitrogens with zero attached hydrogens (tertiary/aromatic N) is 1. The highest BCUT2D eigenvalue weighted by Gasteiger charge is 2.43. The van der Waals surface area contributed by atoms with Crippen molar-refractivity contribution >= 4 is 12.6 Å². The molecule has 0 saturated carbocycles. The van der Waals surface area contributed by atoms with Crippen molar-refractivity contribution in [1.29, 1.82) is 0 Å². The number of carbonyl (C=O) groups is 2. The maximum Gasteiger partial charge on any atom is 0.410 e. The minimum Gasteiger partial charge on any atom is -0.483 e. The van der Waals surface area contributed by atoms with Crippen LogP contribution in [-0.2, 0) is 9.53 Å². The Morgan fingerprint density at radius 2 is 1.59 bits per heavy atom. The number of hydrogen-bond donors (Lipinski definition) is 1. The van der Waals surface area contributed by atoms with E-state index >= 15 is 0 Å². The first kappa shape index (κ1) is 13.8. The lowest BCUT2D eigenvalue weighted by Crippen LogP contribution is -2.39. The van der Waals surface area contributed by atoms with E-state index in [9.17, 15) is 4.79 Å². The van der Waals surface area contributed by atoms with Crippen LogP contribution in [0.2, 0.25) is 0 Å². The van der Waals surface area contributed by atoms with Crippen LogP contribution in [0.4, 0.5) is 4.79 Å². The van der Waals surface area contributed by atoms with Gasteiger partial charge in [0.2, 0.25) is 0 Å². The van der Waals surface area contributed by atoms with E-state index in [0.29, 0.717) is 12.1 Å². The van der Waals surface area contributed by atoms with Gasteiger partial charge in [0.25, 0.3) is 6.47 Å². The lowest BCUT2D eigenvalue weighted by Gasteiger charge is -2.27. The molecule has 0 aromatic carbocycles. The first-order valence-electron chi connectivity index (χ1n) is 5.98. The molecule has 0 radical (unpaired) electrons. The molecular formula is C12H21NO4. The molecule has 0 aromatic rings. The highest BCUT2D eigenvalue weighted by Crippen LogP contribution is 2.38. The monoisotopic (exact) mass is 243 g/mol. The van der Waals surface area contributed by atoms with E-state index in [4.69, 9.17) is 14.6 Å². The summed E-state index contributed by atoms with van der Waals surface area (Å²) in [6, 6.07) is 0.935. The van der Waals surface area contributed by atoms with Crippen molar-refractivity contribution in [3.8, 4) is 0 Å². The number of hydrogen-bond acceptors (Lipinski definition) is 3. The maximum atomic E-state index is 11.8. The van der Waals surface area contributed by atoms with Crippen LogP contribution < -0.4 is 0 Å². The zero-order chi connectivity index (χ0) is 13.1. The van der Waals surface area contributed by atoms with Crippen LogP contribution in [-0.4, -0.2) is 40.3 Å². The summed E-state index contributed by atoms with van der Waals surface area (Å²) in [5.74, 6) is 0. The van der Waals surface area contributed by atoms with Crippen molar-refractivity contribution in [1.82, 2.24) is 4.90 Å². The Morgan fingerprint density at radius 3 is 1.88 bits per heavy atom. The van der Waals surface area contributed by atoms with Gasteiger partial charge in [0, 0.05) is 12.1 Å². The topological polar surface area (TPSA) is 66.8 Å². The summed E-state index contributed by atoms with van der Waals surface area (Å²) in [7, 11) is 0. The minimum absolute atomic E-state index is 0.109. The molecule has 17 heavy (non-hydrogen) atoms. The van der Waals surface area contributed by atoms with E-state index in [1.807, 2.05) is 25.7 Å². The Hall–Kier alpha value is -1.26. The van der Waals surface area contributed by atoms with Crippen LogP contribution >= 0.6 is 0 Å². The largest absolute Gasteiger partial charge is 0.483 e. The van der Waals surface area contributed by atoms with Crippen molar-refractivity contribution in [2.75, 3.05) is 0 Å². The molecule has 2 fully saturated rings. The van der Waals surface area contributed by atoms with E-state index in [1.165, 1.54) is 25.7 Å². The van der Waals surface area contributed by atoms with Gasteiger partial charge in [0.15, 0.2) is 0 Å². The number of rotatable bonds is 0. The third kappa shape index (κ3) is 3.61. The summed E-state index contributed by atoms with van der Waals surface area (Å²) in [4.78, 5) is 22.2. The van der Waals surface area contributed by atoms with Crippen LogP contribution in [0.3, 0.4) is 0 Å². The average molecular weight is 243 g/mol. The average Bonchev–Trinajstić information content (AvgIpc) is 2.74. The van der Waals surface area contributed by atoms with Crippen LogP contribution in [0.1, 0.15) is 46.5 Å². The fourth-order valence-electron chi connectivity index (χ4n) is 2.53. The molecule has 1 N–H and O–H groups in total. The molecule has 2 bridgehead atoms. The van der Waals surface area contributed by atoms with E-state index in [2.05, 4.69) is 0 Å². The number of amides is 1. The SMILES string of the molecule is CC(C)(C)OC(=O)N1C2CCC1CC2.O=CO. The van der Waals surface area contributed by atoms with Gasteiger partial charge in [-0.05, 0) is 46.5 Å². The molecule has 2 saturated heterocycles. The Bertz CT molecular complexity index is 265. The lowest BCUT2D eigenvalue weighted by molar-refractivity contribution is -0.122. The highest BCUT2D eigenvalue weighted by atomic mass is 16.6. The van der Waals surface area contributed by atoms with Crippen molar-refractivity contribution in [2.24, 2.45) is 0 Å². The van der Waals surface area contributed by atoms with Gasteiger partial charge in [-0.1, -0.05) is 0 Å². The van der Waals surface area contributed by atoms with Crippen molar-refractivity contribution in [3.63, 3.8) is 0 Å². The summed E-state index contributed by atoms with van der Waals surface area (Å²) < 4.78 is 5.39. The summed E-state index contributed by atoms with van der Waals surface area (Å²) in [5.41, 5.74) is -0.362. The van der Waals surface area contributed by atoms with Crippen molar-refractivity contribution in [2.45, 2.75) is 64.1 Å². The molecule has 2 heterocycles. The van der Waals surface area contributed by atoms with Gasteiger partial charge in [-0.25, -0.2) is 4.79 Å². The van der Waals surface area contributed by atoms with Gasteiger partial charge < -0.3 is 14.7 Å². The Morgan fingerprint density at radius 1 is 1.24 bits per heavy atom. The molecule has 0 unspecified atom stereocenters. The van der Waals surface area contributed by atoms with Gasteiger partial charge in [0.1, 0.15) is 5.60 Å². The van der Waals surface area contributed by atoms with Crippen LogP contribution in [0, 0.1) is 0 Å². The highest BCUT2D eigenvalue weighted by molar-refractivity contribution is 5.69.